The van der Waals surface area contributed by atoms with Crippen molar-refractivity contribution in [3.63, 3.8) is 0 Å². The third-order valence-corrected chi connectivity index (χ3v) is 12.5. The second kappa shape index (κ2) is 10.8. The molecule has 0 saturated carbocycles. The summed E-state index contributed by atoms with van der Waals surface area (Å²) < 4.78 is 7.67. The summed E-state index contributed by atoms with van der Waals surface area (Å²) in [5, 5.41) is 10.3. The molecule has 0 aliphatic carbocycles. The first kappa shape index (κ1) is 28.0. The summed E-state index contributed by atoms with van der Waals surface area (Å²) in [6.07, 6.45) is 0. The van der Waals surface area contributed by atoms with Crippen molar-refractivity contribution in [2.24, 2.45) is 0 Å². The number of benzene rings is 8. The molecule has 0 unspecified atom stereocenters. The molecule has 0 saturated heterocycles. The Morgan fingerprint density at radius 3 is 1.54 bits per heavy atom. The molecule has 234 valence electrons. The second-order valence-electron chi connectivity index (χ2n) is 12.9. The average molecular weight is 673 g/mol. The van der Waals surface area contributed by atoms with Crippen LogP contribution in [0.3, 0.4) is 0 Å². The number of hydrogen-bond acceptors (Lipinski definition) is 3. The van der Waals surface area contributed by atoms with E-state index in [0.717, 1.165) is 22.7 Å². The number of anilines is 3. The fourth-order valence-corrected chi connectivity index (χ4v) is 10.1. The van der Waals surface area contributed by atoms with Crippen molar-refractivity contribution >= 4 is 113 Å². The van der Waals surface area contributed by atoms with Crippen molar-refractivity contribution < 1.29 is 0 Å². The summed E-state index contributed by atoms with van der Waals surface area (Å²) in [6.45, 7) is 0. The largest absolute Gasteiger partial charge is 0.310 e. The first-order valence-corrected chi connectivity index (χ1v) is 18.6. The number of fused-ring (bicyclic) bond motifs is 11. The molecule has 0 radical (unpaired) electrons. The smallest absolute Gasteiger partial charge is 0.0547 e. The fraction of sp³-hybridized carbons (Fsp3) is 0. The molecule has 0 amide bonds. The Morgan fingerprint density at radius 1 is 0.360 bits per heavy atom. The maximum Gasteiger partial charge on any atom is 0.0547 e. The van der Waals surface area contributed by atoms with Crippen LogP contribution >= 0.6 is 22.7 Å². The van der Waals surface area contributed by atoms with Gasteiger partial charge in [-0.25, -0.2) is 0 Å². The highest BCUT2D eigenvalue weighted by atomic mass is 32.1. The van der Waals surface area contributed by atoms with E-state index in [1.54, 1.807) is 0 Å². The molecule has 0 atom stereocenters. The van der Waals surface area contributed by atoms with Crippen LogP contribution in [0.15, 0.2) is 170 Å². The summed E-state index contributed by atoms with van der Waals surface area (Å²) >= 11 is 3.72. The Hall–Kier alpha value is -5.94. The van der Waals surface area contributed by atoms with Gasteiger partial charge >= 0.3 is 0 Å². The minimum Gasteiger partial charge on any atom is -0.310 e. The van der Waals surface area contributed by atoms with Crippen molar-refractivity contribution in [3.8, 4) is 5.69 Å². The monoisotopic (exact) mass is 672 g/mol. The van der Waals surface area contributed by atoms with Gasteiger partial charge in [0.05, 0.1) is 11.0 Å². The van der Waals surface area contributed by atoms with E-state index < -0.39 is 0 Å². The Bertz CT molecular complexity index is 2990. The van der Waals surface area contributed by atoms with Gasteiger partial charge in [0.2, 0.25) is 0 Å². The Kier molecular flexibility index (Phi) is 6.03. The average Bonchev–Trinajstić information content (AvgIpc) is 3.85. The van der Waals surface area contributed by atoms with Crippen LogP contribution in [-0.4, -0.2) is 4.57 Å². The predicted molar refractivity (Wildman–Crippen MR) is 219 cm³/mol. The van der Waals surface area contributed by atoms with Gasteiger partial charge < -0.3 is 9.47 Å². The molecule has 2 nitrogen and oxygen atoms in total. The molecule has 11 aromatic rings. The quantitative estimate of drug-likeness (QED) is 0.181. The van der Waals surface area contributed by atoms with Crippen LogP contribution < -0.4 is 4.90 Å². The maximum absolute atomic E-state index is 2.42. The van der Waals surface area contributed by atoms with Crippen LogP contribution in [-0.2, 0) is 0 Å². The van der Waals surface area contributed by atoms with Gasteiger partial charge in [0, 0.05) is 73.9 Å². The van der Waals surface area contributed by atoms with Gasteiger partial charge in [-0.15, -0.1) is 22.7 Å². The molecule has 0 N–H and O–H groups in total. The molecule has 0 fully saturated rings. The maximum atomic E-state index is 2.42. The lowest BCUT2D eigenvalue weighted by atomic mass is 10.0. The van der Waals surface area contributed by atoms with Crippen molar-refractivity contribution in [1.82, 2.24) is 4.57 Å². The number of nitrogens with zero attached hydrogens (tertiary/aromatic N) is 2. The van der Waals surface area contributed by atoms with Crippen molar-refractivity contribution in [2.45, 2.75) is 0 Å². The fourth-order valence-electron chi connectivity index (χ4n) is 7.92. The van der Waals surface area contributed by atoms with Crippen LogP contribution in [0.1, 0.15) is 0 Å². The molecule has 3 heterocycles. The third kappa shape index (κ3) is 4.13. The number of hydrogen-bond donors (Lipinski definition) is 0. The molecule has 50 heavy (non-hydrogen) atoms. The molecular weight excluding hydrogens is 645 g/mol. The Morgan fingerprint density at radius 2 is 0.880 bits per heavy atom. The second-order valence-corrected chi connectivity index (χ2v) is 15.1. The van der Waals surface area contributed by atoms with Crippen LogP contribution in [0, 0.1) is 0 Å². The molecule has 11 rings (SSSR count). The van der Waals surface area contributed by atoms with E-state index in [1.807, 2.05) is 22.7 Å². The van der Waals surface area contributed by atoms with Crippen LogP contribution in [0.25, 0.3) is 78.6 Å². The van der Waals surface area contributed by atoms with Gasteiger partial charge in [0.1, 0.15) is 0 Å². The summed E-state index contributed by atoms with van der Waals surface area (Å²) in [4.78, 5) is 2.42. The summed E-state index contributed by atoms with van der Waals surface area (Å²) in [5.41, 5.74) is 7.01. The predicted octanol–water partition coefficient (Wildman–Crippen LogP) is 14.1. The van der Waals surface area contributed by atoms with Gasteiger partial charge in [0.25, 0.3) is 0 Å². The zero-order valence-electron chi connectivity index (χ0n) is 26.9. The van der Waals surface area contributed by atoms with Gasteiger partial charge in [-0.3, -0.25) is 0 Å². The van der Waals surface area contributed by atoms with Crippen LogP contribution in [0.4, 0.5) is 17.1 Å². The van der Waals surface area contributed by atoms with E-state index in [0.29, 0.717) is 0 Å². The van der Waals surface area contributed by atoms with Gasteiger partial charge in [-0.2, -0.15) is 0 Å². The Labute approximate surface area is 296 Å². The van der Waals surface area contributed by atoms with Gasteiger partial charge in [-0.05, 0) is 95.7 Å². The summed E-state index contributed by atoms with van der Waals surface area (Å²) in [6, 6.07) is 62.5. The number of rotatable bonds is 4. The van der Waals surface area contributed by atoms with E-state index >= 15 is 0 Å². The first-order valence-electron chi connectivity index (χ1n) is 16.9. The third-order valence-electron chi connectivity index (χ3n) is 10.2. The zero-order valence-corrected chi connectivity index (χ0v) is 28.5. The van der Waals surface area contributed by atoms with Crippen molar-refractivity contribution in [2.75, 3.05) is 4.90 Å². The van der Waals surface area contributed by atoms with E-state index in [2.05, 4.69) is 179 Å². The lowest BCUT2D eigenvalue weighted by molar-refractivity contribution is 1.17. The molecule has 4 heteroatoms. The van der Waals surface area contributed by atoms with E-state index in [1.165, 1.54) is 72.9 Å². The van der Waals surface area contributed by atoms with Gasteiger partial charge in [0.15, 0.2) is 0 Å². The highest BCUT2D eigenvalue weighted by Gasteiger charge is 2.19. The SMILES string of the molecule is c1ccc2c(c1)ccc1c2c2ccccc2n1-c1ccc(N(c2ccc3sc4ccccc4c3c2)c2ccc3sc4ccccc4c3c2)cc1. The minimum atomic E-state index is 1.12. The molecule has 0 spiro atoms. The van der Waals surface area contributed by atoms with E-state index in [9.17, 15) is 0 Å². The lowest BCUT2D eigenvalue weighted by Crippen LogP contribution is -2.10. The normalized spacial score (nSPS) is 12.0. The first-order chi connectivity index (χ1) is 24.8. The number of thiophene rings is 2. The van der Waals surface area contributed by atoms with E-state index in [4.69, 9.17) is 0 Å². The number of para-hydroxylation sites is 1. The summed E-state index contributed by atoms with van der Waals surface area (Å²) in [5.74, 6) is 0. The molecule has 0 aliphatic heterocycles. The highest BCUT2D eigenvalue weighted by molar-refractivity contribution is 7.26. The molecule has 3 aromatic heterocycles. The summed E-state index contributed by atoms with van der Waals surface area (Å²) in [7, 11) is 0. The standard InChI is InChI=1S/C46H28N2S2/c1-2-10-34-29(9-1)17-24-41-46(34)37-13-3-6-14-40(37)48(41)31-20-18-30(19-21-31)47(32-22-25-44-38(27-32)35-11-4-7-15-42(35)49-44)33-23-26-45-39(28-33)36-12-5-8-16-43(36)50-45/h1-28H. The minimum absolute atomic E-state index is 1.12. The van der Waals surface area contributed by atoms with Crippen LogP contribution in [0.5, 0.6) is 0 Å². The molecule has 0 aliphatic rings. The topological polar surface area (TPSA) is 8.17 Å². The molecule has 0 bridgehead atoms. The Balaban J connectivity index is 1.12. The lowest BCUT2D eigenvalue weighted by Gasteiger charge is -2.26. The van der Waals surface area contributed by atoms with Crippen LogP contribution in [0.2, 0.25) is 0 Å². The van der Waals surface area contributed by atoms with Crippen molar-refractivity contribution in [1.29, 1.82) is 0 Å². The number of aromatic nitrogens is 1. The molecule has 8 aromatic carbocycles. The van der Waals surface area contributed by atoms with Crippen molar-refractivity contribution in [3.05, 3.63) is 170 Å². The zero-order chi connectivity index (χ0) is 32.8. The molecular formula is C46H28N2S2. The highest BCUT2D eigenvalue weighted by Crippen LogP contribution is 2.44. The van der Waals surface area contributed by atoms with Gasteiger partial charge in [-0.1, -0.05) is 84.9 Å². The van der Waals surface area contributed by atoms with E-state index in [-0.39, 0.29) is 0 Å².